The van der Waals surface area contributed by atoms with Gasteiger partial charge in [-0.15, -0.1) is 11.8 Å². The number of hydrogen-bond acceptors (Lipinski definition) is 4. The molecule has 1 amide bonds. The molecule has 0 aliphatic carbocycles. The quantitative estimate of drug-likeness (QED) is 0.721. The summed E-state index contributed by atoms with van der Waals surface area (Å²) in [5, 5.41) is 3.20. The van der Waals surface area contributed by atoms with E-state index in [1.807, 2.05) is 19.1 Å². The van der Waals surface area contributed by atoms with E-state index < -0.39 is 5.54 Å². The second kappa shape index (κ2) is 6.61. The number of carbonyl (C=O) groups excluding carboxylic acids is 1. The number of pyridine rings is 1. The minimum atomic E-state index is -0.663. The zero-order valence-electron chi connectivity index (χ0n) is 10.3. The molecule has 3 N–H and O–H groups in total. The lowest BCUT2D eigenvalue weighted by Gasteiger charge is -2.27. The van der Waals surface area contributed by atoms with Crippen molar-refractivity contribution in [1.29, 1.82) is 0 Å². The molecule has 5 heteroatoms. The Labute approximate surface area is 106 Å². The third-order valence-corrected chi connectivity index (χ3v) is 3.81. The number of carbonyl (C=O) groups is 1. The van der Waals surface area contributed by atoms with Gasteiger partial charge >= 0.3 is 0 Å². The smallest absolute Gasteiger partial charge is 0.238 e. The molecule has 1 aromatic rings. The predicted molar refractivity (Wildman–Crippen MR) is 70.9 cm³/mol. The van der Waals surface area contributed by atoms with E-state index in [1.165, 1.54) is 0 Å². The van der Waals surface area contributed by atoms with E-state index in [4.69, 9.17) is 5.73 Å². The number of rotatable bonds is 7. The average molecular weight is 253 g/mol. The molecule has 0 aliphatic heterocycles. The maximum atomic E-state index is 11.5. The molecule has 1 unspecified atom stereocenters. The van der Waals surface area contributed by atoms with Crippen molar-refractivity contribution in [3.8, 4) is 0 Å². The maximum absolute atomic E-state index is 11.5. The average Bonchev–Trinajstić information content (AvgIpc) is 2.35. The number of primary amides is 1. The van der Waals surface area contributed by atoms with Gasteiger partial charge in [-0.3, -0.25) is 9.78 Å². The summed E-state index contributed by atoms with van der Waals surface area (Å²) in [7, 11) is 0. The van der Waals surface area contributed by atoms with Crippen molar-refractivity contribution in [3.05, 3.63) is 24.5 Å². The number of thioether (sulfide) groups is 1. The molecule has 0 aromatic carbocycles. The second-order valence-corrected chi connectivity index (χ2v) is 5.14. The molecular weight excluding hydrogens is 234 g/mol. The van der Waals surface area contributed by atoms with Crippen molar-refractivity contribution in [2.75, 3.05) is 12.3 Å². The number of amides is 1. The summed E-state index contributed by atoms with van der Waals surface area (Å²) >= 11 is 1.60. The summed E-state index contributed by atoms with van der Waals surface area (Å²) in [6.07, 6.45) is 4.45. The Morgan fingerprint density at radius 1 is 1.53 bits per heavy atom. The van der Waals surface area contributed by atoms with Gasteiger partial charge in [0.05, 0.1) is 0 Å². The summed E-state index contributed by atoms with van der Waals surface area (Å²) in [5.74, 6) is 0.305. The summed E-state index contributed by atoms with van der Waals surface area (Å²) in [5.41, 5.74) is 4.79. The monoisotopic (exact) mass is 253 g/mol. The highest BCUT2D eigenvalue weighted by Crippen LogP contribution is 2.21. The lowest BCUT2D eigenvalue weighted by Crippen LogP contribution is -2.55. The van der Waals surface area contributed by atoms with Crippen LogP contribution in [0.25, 0.3) is 0 Å². The largest absolute Gasteiger partial charge is 0.368 e. The van der Waals surface area contributed by atoms with Gasteiger partial charge < -0.3 is 11.1 Å². The van der Waals surface area contributed by atoms with Gasteiger partial charge in [0.1, 0.15) is 5.54 Å². The lowest BCUT2D eigenvalue weighted by atomic mass is 10.1. The van der Waals surface area contributed by atoms with Gasteiger partial charge in [0.25, 0.3) is 0 Å². The first kappa shape index (κ1) is 14.0. The molecule has 1 atom stereocenters. The van der Waals surface area contributed by atoms with Crippen LogP contribution in [0.5, 0.6) is 0 Å². The van der Waals surface area contributed by atoms with Gasteiger partial charge in [0.15, 0.2) is 0 Å². The van der Waals surface area contributed by atoms with Crippen molar-refractivity contribution < 1.29 is 4.79 Å². The Morgan fingerprint density at radius 2 is 2.18 bits per heavy atom. The van der Waals surface area contributed by atoms with Gasteiger partial charge in [-0.2, -0.15) is 0 Å². The first-order valence-corrected chi connectivity index (χ1v) is 6.65. The van der Waals surface area contributed by atoms with Crippen LogP contribution in [0.4, 0.5) is 0 Å². The summed E-state index contributed by atoms with van der Waals surface area (Å²) < 4.78 is 0. The van der Waals surface area contributed by atoms with Gasteiger partial charge in [0, 0.05) is 23.0 Å². The highest BCUT2D eigenvalue weighted by Gasteiger charge is 2.30. The molecule has 4 nitrogen and oxygen atoms in total. The number of hydrogen-bond donors (Lipinski definition) is 2. The van der Waals surface area contributed by atoms with Crippen LogP contribution in [0.1, 0.15) is 20.3 Å². The van der Waals surface area contributed by atoms with Gasteiger partial charge in [0.2, 0.25) is 5.91 Å². The summed E-state index contributed by atoms with van der Waals surface area (Å²) in [6, 6.07) is 3.85. The van der Waals surface area contributed by atoms with Crippen molar-refractivity contribution in [3.63, 3.8) is 0 Å². The van der Waals surface area contributed by atoms with Crippen LogP contribution >= 0.6 is 11.8 Å². The minimum absolute atomic E-state index is 0.312. The molecule has 0 aliphatic rings. The Morgan fingerprint density at radius 3 is 2.71 bits per heavy atom. The number of nitrogens with one attached hydrogen (secondary N) is 1. The molecule has 0 radical (unpaired) electrons. The van der Waals surface area contributed by atoms with Gasteiger partial charge in [-0.05, 0) is 32.0 Å². The van der Waals surface area contributed by atoms with Crippen molar-refractivity contribution >= 4 is 17.7 Å². The molecule has 94 valence electrons. The molecule has 0 bridgehead atoms. The molecule has 1 aromatic heterocycles. The van der Waals surface area contributed by atoms with Crippen molar-refractivity contribution in [2.24, 2.45) is 5.73 Å². The van der Waals surface area contributed by atoms with E-state index in [0.717, 1.165) is 17.9 Å². The van der Waals surface area contributed by atoms with E-state index in [9.17, 15) is 4.79 Å². The van der Waals surface area contributed by atoms with Crippen LogP contribution in [-0.2, 0) is 4.79 Å². The molecule has 0 spiro atoms. The standard InChI is InChI=1S/C12H19N3OS/c1-3-6-15-12(2,11(13)16)9-17-10-4-7-14-8-5-10/h4-5,7-8,15H,3,6,9H2,1-2H3,(H2,13,16). The molecular formula is C12H19N3OS. The lowest BCUT2D eigenvalue weighted by molar-refractivity contribution is -0.122. The van der Waals surface area contributed by atoms with E-state index >= 15 is 0 Å². The highest BCUT2D eigenvalue weighted by atomic mass is 32.2. The maximum Gasteiger partial charge on any atom is 0.238 e. The topological polar surface area (TPSA) is 68.0 Å². The number of aromatic nitrogens is 1. The van der Waals surface area contributed by atoms with E-state index in [0.29, 0.717) is 5.75 Å². The highest BCUT2D eigenvalue weighted by molar-refractivity contribution is 7.99. The SMILES string of the molecule is CCCNC(C)(CSc1ccncc1)C(N)=O. The van der Waals surface area contributed by atoms with Crippen LogP contribution in [-0.4, -0.2) is 28.7 Å². The van der Waals surface area contributed by atoms with Crippen LogP contribution in [0, 0.1) is 0 Å². The normalized spacial score (nSPS) is 14.2. The van der Waals surface area contributed by atoms with Crippen LogP contribution in [0.3, 0.4) is 0 Å². The molecule has 0 fully saturated rings. The Kier molecular flexibility index (Phi) is 5.44. The fourth-order valence-electron chi connectivity index (χ4n) is 1.27. The van der Waals surface area contributed by atoms with Gasteiger partial charge in [-0.1, -0.05) is 6.92 Å². The van der Waals surface area contributed by atoms with Gasteiger partial charge in [-0.25, -0.2) is 0 Å². The third-order valence-electron chi connectivity index (χ3n) is 2.49. The summed E-state index contributed by atoms with van der Waals surface area (Å²) in [4.78, 5) is 16.5. The zero-order valence-corrected chi connectivity index (χ0v) is 11.1. The molecule has 1 heterocycles. The van der Waals surface area contributed by atoms with Crippen molar-refractivity contribution in [2.45, 2.75) is 30.7 Å². The van der Waals surface area contributed by atoms with Crippen LogP contribution in [0.2, 0.25) is 0 Å². The fourth-order valence-corrected chi connectivity index (χ4v) is 2.29. The Hall–Kier alpha value is -1.07. The van der Waals surface area contributed by atoms with Crippen molar-refractivity contribution in [1.82, 2.24) is 10.3 Å². The molecule has 1 rings (SSSR count). The number of nitrogens with zero attached hydrogens (tertiary/aromatic N) is 1. The third kappa shape index (κ3) is 4.36. The van der Waals surface area contributed by atoms with E-state index in [2.05, 4.69) is 17.2 Å². The van der Waals surface area contributed by atoms with E-state index in [1.54, 1.807) is 24.2 Å². The van der Waals surface area contributed by atoms with E-state index in [-0.39, 0.29) is 5.91 Å². The van der Waals surface area contributed by atoms with Crippen LogP contribution in [0.15, 0.2) is 29.4 Å². The van der Waals surface area contributed by atoms with Crippen LogP contribution < -0.4 is 11.1 Å². The first-order chi connectivity index (χ1) is 8.08. The second-order valence-electron chi connectivity index (χ2n) is 4.09. The summed E-state index contributed by atoms with van der Waals surface area (Å²) in [6.45, 7) is 4.69. The first-order valence-electron chi connectivity index (χ1n) is 5.66. The Balaban J connectivity index is 2.58. The molecule has 0 saturated carbocycles. The predicted octanol–water partition coefficient (Wildman–Crippen LogP) is 1.42. The molecule has 17 heavy (non-hydrogen) atoms. The minimum Gasteiger partial charge on any atom is -0.368 e. The zero-order chi connectivity index (χ0) is 12.7. The number of nitrogens with two attached hydrogens (primary N) is 1. The Bertz CT molecular complexity index is 358. The molecule has 0 saturated heterocycles. The fraction of sp³-hybridized carbons (Fsp3) is 0.500.